The Morgan fingerprint density at radius 3 is 2.41 bits per heavy atom. The Kier molecular flexibility index (Phi) is 5.06. The first kappa shape index (κ1) is 19.1. The fourth-order valence-corrected chi connectivity index (χ4v) is 4.83. The number of hydrogen-bond donors (Lipinski definition) is 1. The molecule has 2 aromatic heterocycles. The molecule has 1 aliphatic heterocycles. The van der Waals surface area contributed by atoms with Crippen molar-refractivity contribution in [3.05, 3.63) is 55.9 Å². The zero-order chi connectivity index (χ0) is 20.5. The fourth-order valence-electron chi connectivity index (χ4n) is 3.78. The highest BCUT2D eigenvalue weighted by molar-refractivity contribution is 7.18. The molecule has 3 heterocycles. The third-order valence-corrected chi connectivity index (χ3v) is 6.53. The van der Waals surface area contributed by atoms with Gasteiger partial charge in [0.25, 0.3) is 5.56 Å². The second kappa shape index (κ2) is 7.67. The maximum Gasteiger partial charge on any atom is 0.259 e. The number of nitrogens with zero attached hydrogens (tertiary/aromatic N) is 5. The molecule has 7 nitrogen and oxygen atoms in total. The van der Waals surface area contributed by atoms with Gasteiger partial charge in [0.15, 0.2) is 0 Å². The Bertz CT molecular complexity index is 1190. The number of rotatable bonds is 3. The van der Waals surface area contributed by atoms with Crippen LogP contribution in [-0.2, 0) is 6.54 Å². The van der Waals surface area contributed by atoms with Gasteiger partial charge in [0.05, 0.1) is 28.7 Å². The van der Waals surface area contributed by atoms with Crippen molar-refractivity contribution in [3.8, 4) is 12.1 Å². The smallest absolute Gasteiger partial charge is 0.259 e. The maximum absolute atomic E-state index is 12.5. The van der Waals surface area contributed by atoms with E-state index < -0.39 is 0 Å². The summed E-state index contributed by atoms with van der Waals surface area (Å²) >= 11 is 1.56. The van der Waals surface area contributed by atoms with Gasteiger partial charge >= 0.3 is 0 Å². The number of aryl methyl sites for hydroxylation is 2. The summed E-state index contributed by atoms with van der Waals surface area (Å²) in [6.45, 7) is 7.46. The zero-order valence-corrected chi connectivity index (χ0v) is 17.1. The maximum atomic E-state index is 12.5. The number of thiophene rings is 1. The molecule has 1 aliphatic rings. The predicted octanol–water partition coefficient (Wildman–Crippen LogP) is 2.67. The molecule has 1 fully saturated rings. The number of hydrogen-bond acceptors (Lipinski definition) is 7. The molecule has 8 heteroatoms. The minimum atomic E-state index is -0.0768. The van der Waals surface area contributed by atoms with Gasteiger partial charge in [-0.2, -0.15) is 10.5 Å². The number of benzene rings is 1. The third kappa shape index (κ3) is 3.49. The summed E-state index contributed by atoms with van der Waals surface area (Å²) in [4.78, 5) is 26.3. The lowest BCUT2D eigenvalue weighted by Crippen LogP contribution is -2.46. The highest BCUT2D eigenvalue weighted by Crippen LogP contribution is 2.27. The number of H-pyrrole nitrogens is 1. The standard InChI is InChI=1S/C21H20N6OS/c1-13-14(2)29-21-18(13)20(28)24-17(25-21)12-26-6-8-27(9-7-26)19-15(10-22)4-3-5-16(19)11-23/h3-5H,6-9,12H2,1-2H3,(H,24,25,28). The first-order valence-electron chi connectivity index (χ1n) is 9.41. The van der Waals surface area contributed by atoms with Crippen LogP contribution in [-0.4, -0.2) is 41.0 Å². The SMILES string of the molecule is Cc1sc2nc(CN3CCN(c4c(C#N)cccc4C#N)CC3)[nH]c(=O)c2c1C. The van der Waals surface area contributed by atoms with E-state index in [-0.39, 0.29) is 5.56 Å². The molecule has 0 spiro atoms. The van der Waals surface area contributed by atoms with Crippen LogP contribution in [0, 0.1) is 36.5 Å². The largest absolute Gasteiger partial charge is 0.367 e. The van der Waals surface area contributed by atoms with Crippen molar-refractivity contribution in [1.29, 1.82) is 10.5 Å². The van der Waals surface area contributed by atoms with Crippen LogP contribution in [0.3, 0.4) is 0 Å². The van der Waals surface area contributed by atoms with Crippen molar-refractivity contribution in [2.75, 3.05) is 31.1 Å². The summed E-state index contributed by atoms with van der Waals surface area (Å²) in [6.07, 6.45) is 0. The van der Waals surface area contributed by atoms with E-state index in [4.69, 9.17) is 0 Å². The van der Waals surface area contributed by atoms with Gasteiger partial charge in [-0.1, -0.05) is 6.07 Å². The van der Waals surface area contributed by atoms with Crippen LogP contribution in [0.2, 0.25) is 0 Å². The van der Waals surface area contributed by atoms with Gasteiger partial charge in [0, 0.05) is 31.1 Å². The molecule has 1 N–H and O–H groups in total. The van der Waals surface area contributed by atoms with Crippen LogP contribution in [0.25, 0.3) is 10.2 Å². The Hall–Kier alpha value is -3.20. The number of anilines is 1. The Morgan fingerprint density at radius 2 is 1.79 bits per heavy atom. The quantitative estimate of drug-likeness (QED) is 0.720. The van der Waals surface area contributed by atoms with Crippen LogP contribution in [0.5, 0.6) is 0 Å². The van der Waals surface area contributed by atoms with E-state index in [1.165, 1.54) is 0 Å². The van der Waals surface area contributed by atoms with Gasteiger partial charge in [-0.05, 0) is 31.5 Å². The molecule has 0 unspecified atom stereocenters. The van der Waals surface area contributed by atoms with Crippen LogP contribution < -0.4 is 10.5 Å². The second-order valence-corrected chi connectivity index (χ2v) is 8.37. The van der Waals surface area contributed by atoms with Crippen LogP contribution in [0.4, 0.5) is 5.69 Å². The minimum Gasteiger partial charge on any atom is -0.367 e. The molecule has 3 aromatic rings. The molecule has 4 rings (SSSR count). The van der Waals surface area contributed by atoms with E-state index in [0.717, 1.165) is 34.0 Å². The van der Waals surface area contributed by atoms with Gasteiger partial charge in [-0.3, -0.25) is 9.69 Å². The van der Waals surface area contributed by atoms with Gasteiger partial charge in [-0.15, -0.1) is 11.3 Å². The number of aromatic nitrogens is 2. The van der Waals surface area contributed by atoms with Crippen molar-refractivity contribution < 1.29 is 0 Å². The van der Waals surface area contributed by atoms with Gasteiger partial charge < -0.3 is 9.88 Å². The summed E-state index contributed by atoms with van der Waals surface area (Å²) in [5.41, 5.74) is 2.69. The Morgan fingerprint density at radius 1 is 1.14 bits per heavy atom. The van der Waals surface area contributed by atoms with Crippen molar-refractivity contribution >= 4 is 27.2 Å². The number of nitriles is 2. The number of fused-ring (bicyclic) bond motifs is 1. The highest BCUT2D eigenvalue weighted by Gasteiger charge is 2.22. The number of para-hydroxylation sites is 1. The zero-order valence-electron chi connectivity index (χ0n) is 16.3. The summed E-state index contributed by atoms with van der Waals surface area (Å²) in [7, 11) is 0. The molecule has 0 bridgehead atoms. The normalized spacial score (nSPS) is 14.7. The number of nitrogens with one attached hydrogen (secondary N) is 1. The van der Waals surface area contributed by atoms with Gasteiger partial charge in [-0.25, -0.2) is 4.98 Å². The van der Waals surface area contributed by atoms with Crippen molar-refractivity contribution in [2.24, 2.45) is 0 Å². The van der Waals surface area contributed by atoms with E-state index in [1.54, 1.807) is 29.5 Å². The Balaban J connectivity index is 1.51. The molecule has 0 amide bonds. The Labute approximate surface area is 172 Å². The first-order chi connectivity index (χ1) is 14.0. The molecular weight excluding hydrogens is 384 g/mol. The van der Waals surface area contributed by atoms with E-state index in [9.17, 15) is 15.3 Å². The highest BCUT2D eigenvalue weighted by atomic mass is 32.1. The molecule has 0 radical (unpaired) electrons. The summed E-state index contributed by atoms with van der Waals surface area (Å²) < 4.78 is 0. The topological polar surface area (TPSA) is 99.8 Å². The van der Waals surface area contributed by atoms with Gasteiger partial charge in [0.1, 0.15) is 22.8 Å². The second-order valence-electron chi connectivity index (χ2n) is 7.16. The lowest BCUT2D eigenvalue weighted by atomic mass is 10.1. The summed E-state index contributed by atoms with van der Waals surface area (Å²) in [6, 6.07) is 9.62. The van der Waals surface area contributed by atoms with E-state index in [2.05, 4.69) is 31.9 Å². The average Bonchev–Trinajstić information content (AvgIpc) is 3.01. The molecule has 29 heavy (non-hydrogen) atoms. The molecule has 1 saturated heterocycles. The van der Waals surface area contributed by atoms with Crippen LogP contribution in [0.15, 0.2) is 23.0 Å². The molecule has 0 aliphatic carbocycles. The van der Waals surface area contributed by atoms with E-state index in [0.29, 0.717) is 42.0 Å². The number of aromatic amines is 1. The third-order valence-electron chi connectivity index (χ3n) is 5.43. The molecular formula is C21H20N6OS. The fraction of sp³-hybridized carbons (Fsp3) is 0.333. The van der Waals surface area contributed by atoms with Crippen LogP contribution >= 0.6 is 11.3 Å². The lowest BCUT2D eigenvalue weighted by molar-refractivity contribution is 0.244. The monoisotopic (exact) mass is 404 g/mol. The lowest BCUT2D eigenvalue weighted by Gasteiger charge is -2.36. The summed E-state index contributed by atoms with van der Waals surface area (Å²) in [5.74, 6) is 0.673. The average molecular weight is 404 g/mol. The van der Waals surface area contributed by atoms with Crippen molar-refractivity contribution in [1.82, 2.24) is 14.9 Å². The molecule has 146 valence electrons. The van der Waals surface area contributed by atoms with Crippen molar-refractivity contribution in [3.63, 3.8) is 0 Å². The van der Waals surface area contributed by atoms with Crippen molar-refractivity contribution in [2.45, 2.75) is 20.4 Å². The van der Waals surface area contributed by atoms with Gasteiger partial charge in [0.2, 0.25) is 0 Å². The molecule has 1 aromatic carbocycles. The van der Waals surface area contributed by atoms with E-state index >= 15 is 0 Å². The first-order valence-corrected chi connectivity index (χ1v) is 10.2. The van der Waals surface area contributed by atoms with E-state index in [1.807, 2.05) is 13.8 Å². The summed E-state index contributed by atoms with van der Waals surface area (Å²) in [5, 5.41) is 19.5. The van der Waals surface area contributed by atoms with Crippen LogP contribution in [0.1, 0.15) is 27.4 Å². The number of piperazine rings is 1. The minimum absolute atomic E-state index is 0.0768. The molecule has 0 saturated carbocycles. The predicted molar refractivity (Wildman–Crippen MR) is 113 cm³/mol. The molecule has 0 atom stereocenters.